The van der Waals surface area contributed by atoms with Gasteiger partial charge in [0, 0.05) is 0 Å². The molecule has 1 rings (SSSR count). The third-order valence-corrected chi connectivity index (χ3v) is 1.86. The van der Waals surface area contributed by atoms with E-state index in [9.17, 15) is 17.6 Å². The van der Waals surface area contributed by atoms with Crippen molar-refractivity contribution in [1.29, 1.82) is 10.5 Å². The van der Waals surface area contributed by atoms with Crippen LogP contribution in [0.5, 0.6) is 0 Å². The molecular weight excluding hydrogens is 236 g/mol. The molecule has 0 N–H and O–H groups in total. The molecule has 0 unspecified atom stereocenters. The molecule has 86 valence electrons. The average molecular weight is 240 g/mol. The van der Waals surface area contributed by atoms with E-state index in [4.69, 9.17) is 10.5 Å². The van der Waals surface area contributed by atoms with Crippen molar-refractivity contribution >= 4 is 6.08 Å². The van der Waals surface area contributed by atoms with Crippen LogP contribution in [-0.2, 0) is 6.18 Å². The number of allylic oxidation sites excluding steroid dienone is 1. The van der Waals surface area contributed by atoms with Gasteiger partial charge in [-0.05, 0) is 23.8 Å². The SMILES string of the molecule is N#CC(C#N)=Cc1ccc(F)cc1C(F)(F)F. The van der Waals surface area contributed by atoms with Crippen LogP contribution in [0, 0.1) is 28.5 Å². The first kappa shape index (κ1) is 12.7. The predicted molar refractivity (Wildman–Crippen MR) is 50.6 cm³/mol. The second-order valence-corrected chi connectivity index (χ2v) is 3.01. The van der Waals surface area contributed by atoms with Crippen molar-refractivity contribution in [3.63, 3.8) is 0 Å². The van der Waals surface area contributed by atoms with Gasteiger partial charge in [0.1, 0.15) is 23.5 Å². The van der Waals surface area contributed by atoms with Crippen molar-refractivity contribution in [2.75, 3.05) is 0 Å². The average Bonchev–Trinajstić information content (AvgIpc) is 2.26. The van der Waals surface area contributed by atoms with E-state index in [1.165, 1.54) is 12.1 Å². The molecule has 0 aliphatic carbocycles. The predicted octanol–water partition coefficient (Wildman–Crippen LogP) is 3.28. The number of hydrogen-bond acceptors (Lipinski definition) is 2. The van der Waals surface area contributed by atoms with Gasteiger partial charge in [0.2, 0.25) is 0 Å². The van der Waals surface area contributed by atoms with Crippen LogP contribution in [0.2, 0.25) is 0 Å². The Bertz CT molecular complexity index is 528. The van der Waals surface area contributed by atoms with Crippen molar-refractivity contribution < 1.29 is 17.6 Å². The van der Waals surface area contributed by atoms with Gasteiger partial charge in [-0.2, -0.15) is 23.7 Å². The first-order valence-electron chi connectivity index (χ1n) is 4.27. The first-order valence-corrected chi connectivity index (χ1v) is 4.27. The zero-order valence-electron chi connectivity index (χ0n) is 8.22. The molecule has 0 saturated carbocycles. The molecule has 17 heavy (non-hydrogen) atoms. The molecular formula is C11H4F4N2. The van der Waals surface area contributed by atoms with Gasteiger partial charge >= 0.3 is 6.18 Å². The Balaban J connectivity index is 3.42. The summed E-state index contributed by atoms with van der Waals surface area (Å²) in [4.78, 5) is 0. The fraction of sp³-hybridized carbons (Fsp3) is 0.0909. The van der Waals surface area contributed by atoms with E-state index in [0.717, 1.165) is 18.2 Å². The van der Waals surface area contributed by atoms with Crippen molar-refractivity contribution in [2.45, 2.75) is 6.18 Å². The van der Waals surface area contributed by atoms with Gasteiger partial charge in [0.05, 0.1) is 5.56 Å². The molecule has 0 aromatic heterocycles. The van der Waals surface area contributed by atoms with E-state index in [0.29, 0.717) is 6.07 Å². The molecule has 6 heteroatoms. The van der Waals surface area contributed by atoms with Gasteiger partial charge in [0.25, 0.3) is 0 Å². The molecule has 0 aliphatic rings. The Hall–Kier alpha value is -2.34. The van der Waals surface area contributed by atoms with Gasteiger partial charge < -0.3 is 0 Å². The molecule has 0 spiro atoms. The minimum absolute atomic E-state index is 0.318. The normalized spacial score (nSPS) is 10.2. The second-order valence-electron chi connectivity index (χ2n) is 3.01. The molecule has 0 atom stereocenters. The maximum Gasteiger partial charge on any atom is 0.417 e. The Morgan fingerprint density at radius 3 is 2.24 bits per heavy atom. The van der Waals surface area contributed by atoms with E-state index in [1.807, 2.05) is 0 Å². The van der Waals surface area contributed by atoms with Crippen molar-refractivity contribution in [3.8, 4) is 12.1 Å². The summed E-state index contributed by atoms with van der Waals surface area (Å²) < 4.78 is 50.3. The third kappa shape index (κ3) is 3.05. The summed E-state index contributed by atoms with van der Waals surface area (Å²) in [6.07, 6.45) is -3.98. The van der Waals surface area contributed by atoms with Crippen molar-refractivity contribution in [2.24, 2.45) is 0 Å². The highest BCUT2D eigenvalue weighted by Crippen LogP contribution is 2.33. The summed E-state index contributed by atoms with van der Waals surface area (Å²) >= 11 is 0. The lowest BCUT2D eigenvalue weighted by Crippen LogP contribution is -2.08. The fourth-order valence-corrected chi connectivity index (χ4v) is 1.14. The largest absolute Gasteiger partial charge is 0.417 e. The van der Waals surface area contributed by atoms with Gasteiger partial charge in [-0.1, -0.05) is 6.07 Å². The van der Waals surface area contributed by atoms with Crippen LogP contribution in [0.4, 0.5) is 17.6 Å². The van der Waals surface area contributed by atoms with Gasteiger partial charge in [0.15, 0.2) is 0 Å². The highest BCUT2D eigenvalue weighted by Gasteiger charge is 2.33. The number of hydrogen-bond donors (Lipinski definition) is 0. The maximum atomic E-state index is 12.7. The van der Waals surface area contributed by atoms with Crippen LogP contribution in [0.1, 0.15) is 11.1 Å². The van der Waals surface area contributed by atoms with Crippen molar-refractivity contribution in [3.05, 3.63) is 40.7 Å². The molecule has 0 aliphatic heterocycles. The Kier molecular flexibility index (Phi) is 3.49. The molecule has 0 heterocycles. The molecule has 0 fully saturated rings. The van der Waals surface area contributed by atoms with E-state index >= 15 is 0 Å². The van der Waals surface area contributed by atoms with E-state index in [1.54, 1.807) is 0 Å². The van der Waals surface area contributed by atoms with Gasteiger partial charge in [-0.25, -0.2) is 4.39 Å². The number of rotatable bonds is 1. The van der Waals surface area contributed by atoms with Gasteiger partial charge in [-0.3, -0.25) is 0 Å². The summed E-state index contributed by atoms with van der Waals surface area (Å²) in [5.74, 6) is -1.04. The minimum atomic E-state index is -4.75. The molecule has 2 nitrogen and oxygen atoms in total. The lowest BCUT2D eigenvalue weighted by Gasteiger charge is -2.10. The summed E-state index contributed by atoms with van der Waals surface area (Å²) in [6.45, 7) is 0. The van der Waals surface area contributed by atoms with Crippen LogP contribution in [0.15, 0.2) is 23.8 Å². The molecule has 1 aromatic carbocycles. The number of benzene rings is 1. The zero-order valence-corrected chi connectivity index (χ0v) is 8.22. The lowest BCUT2D eigenvalue weighted by molar-refractivity contribution is -0.137. The number of nitrogens with zero attached hydrogens (tertiary/aromatic N) is 2. The fourth-order valence-electron chi connectivity index (χ4n) is 1.14. The minimum Gasteiger partial charge on any atom is -0.207 e. The van der Waals surface area contributed by atoms with Crippen LogP contribution in [0.25, 0.3) is 6.08 Å². The van der Waals surface area contributed by atoms with E-state index < -0.39 is 28.7 Å². The third-order valence-electron chi connectivity index (χ3n) is 1.86. The topological polar surface area (TPSA) is 47.6 Å². The highest BCUT2D eigenvalue weighted by atomic mass is 19.4. The van der Waals surface area contributed by atoms with Crippen LogP contribution >= 0.6 is 0 Å². The molecule has 0 bridgehead atoms. The molecule has 0 radical (unpaired) electrons. The van der Waals surface area contributed by atoms with Crippen LogP contribution in [-0.4, -0.2) is 0 Å². The Labute approximate surface area is 94.0 Å². The first-order chi connectivity index (χ1) is 7.88. The van der Waals surface area contributed by atoms with Crippen LogP contribution in [0.3, 0.4) is 0 Å². The Morgan fingerprint density at radius 2 is 1.76 bits per heavy atom. The summed E-state index contributed by atoms with van der Waals surface area (Å²) in [6, 6.07) is 4.88. The lowest BCUT2D eigenvalue weighted by atomic mass is 10.0. The summed E-state index contributed by atoms with van der Waals surface area (Å²) in [7, 11) is 0. The standard InChI is InChI=1S/C11H4F4N2/c12-9-2-1-8(3-7(5-16)6-17)10(4-9)11(13,14)15/h1-4H. The smallest absolute Gasteiger partial charge is 0.207 e. The molecule has 0 amide bonds. The number of alkyl halides is 3. The quantitative estimate of drug-likeness (QED) is 0.558. The monoisotopic (exact) mass is 240 g/mol. The second kappa shape index (κ2) is 4.67. The maximum absolute atomic E-state index is 12.7. The summed E-state index contributed by atoms with van der Waals surface area (Å²) in [5.41, 5.74) is -2.13. The Morgan fingerprint density at radius 1 is 1.18 bits per heavy atom. The van der Waals surface area contributed by atoms with Crippen LogP contribution < -0.4 is 0 Å². The molecule has 0 saturated heterocycles. The van der Waals surface area contributed by atoms with E-state index in [-0.39, 0.29) is 0 Å². The zero-order chi connectivity index (χ0) is 13.1. The van der Waals surface area contributed by atoms with Crippen molar-refractivity contribution in [1.82, 2.24) is 0 Å². The van der Waals surface area contributed by atoms with Gasteiger partial charge in [-0.15, -0.1) is 0 Å². The number of halogens is 4. The van der Waals surface area contributed by atoms with E-state index in [2.05, 4.69) is 0 Å². The number of nitriles is 2. The molecule has 1 aromatic rings. The highest BCUT2D eigenvalue weighted by molar-refractivity contribution is 5.64. The summed E-state index contributed by atoms with van der Waals surface area (Å²) in [5, 5.41) is 16.9.